The van der Waals surface area contributed by atoms with E-state index in [1.54, 1.807) is 9.95 Å². The van der Waals surface area contributed by atoms with Crippen LogP contribution in [0.5, 0.6) is 11.5 Å². The third-order valence-corrected chi connectivity index (χ3v) is 7.56. The molecule has 15 heteroatoms. The van der Waals surface area contributed by atoms with Gasteiger partial charge in [0, 0.05) is 43.7 Å². The molecule has 0 bridgehead atoms. The number of thiazole rings is 1. The Kier molecular flexibility index (Phi) is 5.80. The minimum Gasteiger partial charge on any atom is -0.395 e. The second-order valence-corrected chi connectivity index (χ2v) is 10.1. The van der Waals surface area contributed by atoms with Gasteiger partial charge in [-0.3, -0.25) is 19.6 Å². The second-order valence-electron chi connectivity index (χ2n) is 9.25. The van der Waals surface area contributed by atoms with Gasteiger partial charge in [-0.05, 0) is 12.1 Å². The predicted molar refractivity (Wildman–Crippen MR) is 141 cm³/mol. The molecule has 0 unspecified atom stereocenters. The van der Waals surface area contributed by atoms with Crippen LogP contribution in [0.3, 0.4) is 0 Å². The van der Waals surface area contributed by atoms with Crippen molar-refractivity contribution in [3.05, 3.63) is 58.0 Å². The summed E-state index contributed by atoms with van der Waals surface area (Å²) in [7, 11) is 0. The van der Waals surface area contributed by atoms with Crippen molar-refractivity contribution in [3.8, 4) is 16.6 Å². The lowest BCUT2D eigenvalue weighted by molar-refractivity contribution is -0.286. The zero-order chi connectivity index (χ0) is 27.4. The number of morpholine rings is 1. The van der Waals surface area contributed by atoms with Crippen molar-refractivity contribution in [1.82, 2.24) is 29.0 Å². The Hall–Kier alpha value is -4.34. The highest BCUT2D eigenvalue weighted by Crippen LogP contribution is 2.43. The highest BCUT2D eigenvalue weighted by molar-refractivity contribution is 7.12. The number of para-hydroxylation sites is 2. The molecule has 2 N–H and O–H groups in total. The number of ether oxygens (including phenoxy) is 3. The molecule has 3 aromatic heterocycles. The lowest BCUT2D eigenvalue weighted by Gasteiger charge is -2.26. The third-order valence-electron chi connectivity index (χ3n) is 6.73. The Labute approximate surface area is 227 Å². The number of hydrogen-bond donors (Lipinski definition) is 2. The number of carbonyl (C=O) groups excluding carboxylic acids is 1. The Morgan fingerprint density at radius 3 is 2.62 bits per heavy atom. The molecule has 5 heterocycles. The van der Waals surface area contributed by atoms with Crippen molar-refractivity contribution in [2.75, 3.05) is 38.2 Å². The SMILES string of the molecule is O=C(Nc1nc2cc3c(cc2[nH]1)OC(F)(F)O3)c1csc(-n2c(=O)n(CCN3CCOCC3)c3ccccc32)n1. The van der Waals surface area contributed by atoms with Crippen molar-refractivity contribution >= 4 is 45.3 Å². The highest BCUT2D eigenvalue weighted by atomic mass is 32.1. The molecule has 0 spiro atoms. The lowest BCUT2D eigenvalue weighted by atomic mass is 10.3. The number of carbonyl (C=O) groups is 1. The molecule has 1 amide bonds. The molecule has 0 saturated carbocycles. The van der Waals surface area contributed by atoms with Crippen LogP contribution in [-0.4, -0.2) is 74.0 Å². The Bertz CT molecular complexity index is 1780. The van der Waals surface area contributed by atoms with Gasteiger partial charge in [-0.1, -0.05) is 12.1 Å². The maximum absolute atomic E-state index is 13.5. The van der Waals surface area contributed by atoms with Gasteiger partial charge in [0.2, 0.25) is 5.95 Å². The number of imidazole rings is 2. The van der Waals surface area contributed by atoms with Crippen molar-refractivity contribution in [1.29, 1.82) is 0 Å². The van der Waals surface area contributed by atoms with Crippen molar-refractivity contribution in [2.24, 2.45) is 0 Å². The van der Waals surface area contributed by atoms with Crippen LogP contribution >= 0.6 is 11.3 Å². The fourth-order valence-electron chi connectivity index (χ4n) is 4.83. The van der Waals surface area contributed by atoms with Gasteiger partial charge < -0.3 is 19.2 Å². The van der Waals surface area contributed by atoms with E-state index in [9.17, 15) is 18.4 Å². The molecule has 7 rings (SSSR count). The fourth-order valence-corrected chi connectivity index (χ4v) is 5.64. The van der Waals surface area contributed by atoms with Gasteiger partial charge in [-0.25, -0.2) is 19.3 Å². The zero-order valence-electron chi connectivity index (χ0n) is 20.7. The van der Waals surface area contributed by atoms with Gasteiger partial charge in [0.15, 0.2) is 16.6 Å². The van der Waals surface area contributed by atoms with E-state index < -0.39 is 12.2 Å². The first kappa shape index (κ1) is 24.7. The summed E-state index contributed by atoms with van der Waals surface area (Å²) < 4.78 is 44.2. The Morgan fingerprint density at radius 1 is 1.07 bits per heavy atom. The van der Waals surface area contributed by atoms with Crippen molar-refractivity contribution in [2.45, 2.75) is 12.8 Å². The topological polar surface area (TPSA) is 129 Å². The molecule has 0 atom stereocenters. The summed E-state index contributed by atoms with van der Waals surface area (Å²) in [5, 5.41) is 4.53. The summed E-state index contributed by atoms with van der Waals surface area (Å²) in [6.07, 6.45) is -3.74. The van der Waals surface area contributed by atoms with E-state index in [4.69, 9.17) is 4.74 Å². The summed E-state index contributed by atoms with van der Waals surface area (Å²) in [6.45, 7) is 4.22. The first-order valence-corrected chi connectivity index (χ1v) is 13.3. The van der Waals surface area contributed by atoms with E-state index in [0.29, 0.717) is 48.0 Å². The summed E-state index contributed by atoms with van der Waals surface area (Å²) in [6, 6.07) is 10.1. The smallest absolute Gasteiger partial charge is 0.395 e. The van der Waals surface area contributed by atoms with Crippen LogP contribution in [0, 0.1) is 0 Å². The Balaban J connectivity index is 1.13. The standard InChI is InChI=1S/C25H21F2N7O5S/c26-25(27)38-19-11-14-15(12-20(19)39-25)29-22(28-14)31-21(35)16-13-40-23(30-16)34-18-4-2-1-3-17(18)33(24(34)36)6-5-32-7-9-37-10-8-32/h1-4,11-13H,5-10H2,(H2,28,29,31,35). The normalized spacial score (nSPS) is 16.6. The van der Waals surface area contributed by atoms with E-state index in [2.05, 4.69) is 34.6 Å². The minimum atomic E-state index is -3.74. The monoisotopic (exact) mass is 569 g/mol. The maximum Gasteiger partial charge on any atom is 0.586 e. The Morgan fingerprint density at radius 2 is 1.82 bits per heavy atom. The third kappa shape index (κ3) is 4.37. The summed E-state index contributed by atoms with van der Waals surface area (Å²) in [5.74, 6) is -0.766. The number of hydrogen-bond acceptors (Lipinski definition) is 9. The van der Waals surface area contributed by atoms with E-state index in [1.807, 2.05) is 24.3 Å². The van der Waals surface area contributed by atoms with Crippen LogP contribution in [-0.2, 0) is 11.3 Å². The average Bonchev–Trinajstić information content (AvgIpc) is 3.68. The number of fused-ring (bicyclic) bond motifs is 3. The number of rotatable bonds is 6. The van der Waals surface area contributed by atoms with Crippen LogP contribution in [0.4, 0.5) is 14.7 Å². The highest BCUT2D eigenvalue weighted by Gasteiger charge is 2.43. The number of nitrogens with one attached hydrogen (secondary N) is 2. The number of anilines is 1. The predicted octanol–water partition coefficient (Wildman–Crippen LogP) is 3.03. The minimum absolute atomic E-state index is 0.0851. The average molecular weight is 570 g/mol. The first-order valence-electron chi connectivity index (χ1n) is 12.4. The van der Waals surface area contributed by atoms with E-state index in [0.717, 1.165) is 18.6 Å². The zero-order valence-corrected chi connectivity index (χ0v) is 21.5. The van der Waals surface area contributed by atoms with Crippen LogP contribution < -0.4 is 20.5 Å². The number of benzene rings is 2. The molecule has 0 aliphatic carbocycles. The van der Waals surface area contributed by atoms with Crippen LogP contribution in [0.2, 0.25) is 0 Å². The quantitative estimate of drug-likeness (QED) is 0.320. The largest absolute Gasteiger partial charge is 0.586 e. The van der Waals surface area contributed by atoms with Crippen LogP contribution in [0.1, 0.15) is 10.5 Å². The number of nitrogens with zero attached hydrogens (tertiary/aromatic N) is 5. The van der Waals surface area contributed by atoms with Gasteiger partial charge in [0.1, 0.15) is 5.69 Å². The molecular weight excluding hydrogens is 548 g/mol. The van der Waals surface area contributed by atoms with E-state index >= 15 is 0 Å². The molecule has 12 nitrogen and oxygen atoms in total. The molecule has 5 aromatic rings. The van der Waals surface area contributed by atoms with Crippen LogP contribution in [0.25, 0.3) is 27.2 Å². The van der Waals surface area contributed by atoms with E-state index in [1.165, 1.54) is 28.0 Å². The lowest BCUT2D eigenvalue weighted by Crippen LogP contribution is -2.39. The maximum atomic E-state index is 13.5. The van der Waals surface area contributed by atoms with Crippen molar-refractivity contribution in [3.63, 3.8) is 0 Å². The molecule has 2 aromatic carbocycles. The number of alkyl halides is 2. The molecule has 0 radical (unpaired) electrons. The summed E-state index contributed by atoms with van der Waals surface area (Å²) in [4.78, 5) is 40.3. The summed E-state index contributed by atoms with van der Waals surface area (Å²) >= 11 is 1.17. The van der Waals surface area contributed by atoms with Gasteiger partial charge in [-0.15, -0.1) is 20.1 Å². The van der Waals surface area contributed by atoms with Gasteiger partial charge in [0.25, 0.3) is 5.91 Å². The number of halogens is 2. The molecule has 2 aliphatic heterocycles. The number of amides is 1. The summed E-state index contributed by atoms with van der Waals surface area (Å²) in [5.41, 5.74) is 1.98. The first-order chi connectivity index (χ1) is 19.3. The second kappa shape index (κ2) is 9.39. The number of H-pyrrole nitrogens is 1. The van der Waals surface area contributed by atoms with Gasteiger partial charge in [-0.2, -0.15) is 0 Å². The fraction of sp³-hybridized carbons (Fsp3) is 0.280. The number of aromatic nitrogens is 5. The van der Waals surface area contributed by atoms with Crippen molar-refractivity contribution < 1.29 is 27.8 Å². The van der Waals surface area contributed by atoms with Gasteiger partial charge in [0.05, 0.1) is 35.3 Å². The van der Waals surface area contributed by atoms with Gasteiger partial charge >= 0.3 is 12.0 Å². The van der Waals surface area contributed by atoms with E-state index in [-0.39, 0.29) is 28.8 Å². The molecule has 1 saturated heterocycles. The number of aromatic amines is 1. The molecule has 1 fully saturated rings. The van der Waals surface area contributed by atoms with Crippen LogP contribution in [0.15, 0.2) is 46.6 Å². The molecule has 40 heavy (non-hydrogen) atoms. The molecule has 2 aliphatic rings. The molecule has 206 valence electrons. The molecular formula is C25H21F2N7O5S.